The van der Waals surface area contributed by atoms with Crippen molar-refractivity contribution in [2.75, 3.05) is 20.3 Å². The van der Waals surface area contributed by atoms with Gasteiger partial charge >= 0.3 is 0 Å². The van der Waals surface area contributed by atoms with Gasteiger partial charge in [0.1, 0.15) is 5.58 Å². The first-order chi connectivity index (χ1) is 14.0. The normalized spacial score (nSPS) is 15.8. The SMILES string of the molecule is COc1cc([C@@H]2c3c(oc4ccc(C)cc4c3=O)C(=O)N2CCCO)ccc1O. The highest BCUT2D eigenvalue weighted by Gasteiger charge is 2.42. The molecule has 0 unspecified atom stereocenters. The Labute approximate surface area is 166 Å². The van der Waals surface area contributed by atoms with Gasteiger partial charge in [-0.1, -0.05) is 17.7 Å². The number of aliphatic hydroxyl groups excluding tert-OH is 1. The van der Waals surface area contributed by atoms with E-state index in [0.717, 1.165) is 5.56 Å². The van der Waals surface area contributed by atoms with Gasteiger partial charge in [-0.3, -0.25) is 9.59 Å². The molecule has 1 atom stereocenters. The first-order valence-electron chi connectivity index (χ1n) is 9.32. The van der Waals surface area contributed by atoms with Gasteiger partial charge in [0.15, 0.2) is 16.9 Å². The molecule has 2 heterocycles. The summed E-state index contributed by atoms with van der Waals surface area (Å²) in [6, 6.07) is 9.28. The van der Waals surface area contributed by atoms with Crippen LogP contribution in [0.5, 0.6) is 11.5 Å². The molecule has 1 aromatic heterocycles. The third kappa shape index (κ3) is 3.03. The first-order valence-corrected chi connectivity index (χ1v) is 9.32. The lowest BCUT2D eigenvalue weighted by atomic mass is 9.97. The molecule has 2 aromatic carbocycles. The minimum atomic E-state index is -0.695. The number of fused-ring (bicyclic) bond motifs is 2. The van der Waals surface area contributed by atoms with Gasteiger partial charge in [-0.05, 0) is 43.2 Å². The van der Waals surface area contributed by atoms with E-state index in [4.69, 9.17) is 9.15 Å². The van der Waals surface area contributed by atoms with Crippen molar-refractivity contribution in [3.63, 3.8) is 0 Å². The van der Waals surface area contributed by atoms with E-state index < -0.39 is 11.9 Å². The Balaban J connectivity index is 1.98. The van der Waals surface area contributed by atoms with Crippen LogP contribution in [-0.4, -0.2) is 41.3 Å². The van der Waals surface area contributed by atoms with Crippen LogP contribution in [0, 0.1) is 6.92 Å². The summed E-state index contributed by atoms with van der Waals surface area (Å²) in [5.41, 5.74) is 1.89. The fraction of sp³-hybridized carbons (Fsp3) is 0.273. The number of hydrogen-bond donors (Lipinski definition) is 2. The van der Waals surface area contributed by atoms with Crippen LogP contribution in [-0.2, 0) is 0 Å². The zero-order chi connectivity index (χ0) is 20.7. The summed E-state index contributed by atoms with van der Waals surface area (Å²) < 4.78 is 11.1. The summed E-state index contributed by atoms with van der Waals surface area (Å²) >= 11 is 0. The van der Waals surface area contributed by atoms with E-state index in [9.17, 15) is 19.8 Å². The second-order valence-electron chi connectivity index (χ2n) is 7.08. The smallest absolute Gasteiger partial charge is 0.290 e. The van der Waals surface area contributed by atoms with Gasteiger partial charge < -0.3 is 24.3 Å². The third-order valence-electron chi connectivity index (χ3n) is 5.20. The van der Waals surface area contributed by atoms with Gasteiger partial charge in [-0.15, -0.1) is 0 Å². The fourth-order valence-corrected chi connectivity index (χ4v) is 3.82. The molecule has 3 aromatic rings. The summed E-state index contributed by atoms with van der Waals surface area (Å²) in [5.74, 6) is -0.179. The van der Waals surface area contributed by atoms with Gasteiger partial charge in [-0.25, -0.2) is 0 Å². The number of aliphatic hydroxyl groups is 1. The molecule has 150 valence electrons. The zero-order valence-electron chi connectivity index (χ0n) is 16.1. The molecular weight excluding hydrogens is 374 g/mol. The first kappa shape index (κ1) is 19.0. The van der Waals surface area contributed by atoms with Gasteiger partial charge in [0.2, 0.25) is 5.76 Å². The van der Waals surface area contributed by atoms with Crippen LogP contribution in [0.4, 0.5) is 0 Å². The number of aromatic hydroxyl groups is 1. The monoisotopic (exact) mass is 395 g/mol. The maximum Gasteiger partial charge on any atom is 0.290 e. The lowest BCUT2D eigenvalue weighted by molar-refractivity contribution is 0.0716. The Morgan fingerprint density at radius 1 is 1.17 bits per heavy atom. The molecule has 0 spiro atoms. The molecule has 4 rings (SSSR count). The Bertz CT molecular complexity index is 1170. The van der Waals surface area contributed by atoms with Crippen molar-refractivity contribution in [2.45, 2.75) is 19.4 Å². The largest absolute Gasteiger partial charge is 0.504 e. The minimum Gasteiger partial charge on any atom is -0.504 e. The maximum atomic E-state index is 13.4. The molecule has 0 radical (unpaired) electrons. The molecule has 0 bridgehead atoms. The summed E-state index contributed by atoms with van der Waals surface area (Å²) in [7, 11) is 1.43. The van der Waals surface area contributed by atoms with Gasteiger partial charge in [-0.2, -0.15) is 0 Å². The molecule has 0 saturated carbocycles. The molecule has 7 heteroatoms. The van der Waals surface area contributed by atoms with Crippen molar-refractivity contribution in [1.82, 2.24) is 4.90 Å². The van der Waals surface area contributed by atoms with Crippen molar-refractivity contribution >= 4 is 16.9 Å². The van der Waals surface area contributed by atoms with E-state index in [2.05, 4.69) is 0 Å². The van der Waals surface area contributed by atoms with Crippen molar-refractivity contribution in [1.29, 1.82) is 0 Å². The van der Waals surface area contributed by atoms with E-state index >= 15 is 0 Å². The van der Waals surface area contributed by atoms with Gasteiger partial charge in [0, 0.05) is 13.2 Å². The van der Waals surface area contributed by atoms with Crippen LogP contribution in [0.3, 0.4) is 0 Å². The fourth-order valence-electron chi connectivity index (χ4n) is 3.82. The summed E-state index contributed by atoms with van der Waals surface area (Å²) in [5, 5.41) is 19.6. The van der Waals surface area contributed by atoms with Crippen LogP contribution < -0.4 is 10.2 Å². The number of phenols is 1. The van der Waals surface area contributed by atoms with Crippen LogP contribution >= 0.6 is 0 Å². The number of methoxy groups -OCH3 is 1. The van der Waals surface area contributed by atoms with Gasteiger partial charge in [0.25, 0.3) is 5.91 Å². The second kappa shape index (κ2) is 7.25. The molecule has 0 saturated heterocycles. The second-order valence-corrected chi connectivity index (χ2v) is 7.08. The minimum absolute atomic E-state index is 0.0151. The quantitative estimate of drug-likeness (QED) is 0.689. The van der Waals surface area contributed by atoms with Crippen LogP contribution in [0.25, 0.3) is 11.0 Å². The highest BCUT2D eigenvalue weighted by atomic mass is 16.5. The number of amides is 1. The number of carbonyl (C=O) groups is 1. The number of benzene rings is 2. The predicted molar refractivity (Wildman–Crippen MR) is 106 cm³/mol. The number of phenolic OH excluding ortho intramolecular Hbond substituents is 1. The molecule has 0 fully saturated rings. The highest BCUT2D eigenvalue weighted by Crippen LogP contribution is 2.40. The van der Waals surface area contributed by atoms with E-state index in [1.807, 2.05) is 13.0 Å². The van der Waals surface area contributed by atoms with E-state index in [0.29, 0.717) is 23.0 Å². The number of aryl methyl sites for hydroxylation is 1. The highest BCUT2D eigenvalue weighted by molar-refractivity contribution is 5.99. The van der Waals surface area contributed by atoms with Crippen molar-refractivity contribution in [3.05, 3.63) is 69.1 Å². The molecule has 7 nitrogen and oxygen atoms in total. The van der Waals surface area contributed by atoms with Crippen molar-refractivity contribution in [3.8, 4) is 11.5 Å². The Kier molecular flexibility index (Phi) is 4.76. The lowest BCUT2D eigenvalue weighted by Gasteiger charge is -2.25. The van der Waals surface area contributed by atoms with Crippen molar-refractivity contribution < 1.29 is 24.2 Å². The average Bonchev–Trinajstić information content (AvgIpc) is 2.99. The molecule has 1 aliphatic rings. The van der Waals surface area contributed by atoms with E-state index in [1.54, 1.807) is 24.3 Å². The number of rotatable bonds is 5. The van der Waals surface area contributed by atoms with Gasteiger partial charge in [0.05, 0.1) is 24.1 Å². The molecule has 2 N–H and O–H groups in total. The standard InChI is InChI=1S/C22H21NO6/c1-12-4-7-16-14(10-12)20(26)18-19(13-5-6-15(25)17(11-13)28-2)23(8-3-9-24)22(27)21(18)29-16/h4-7,10-11,19,24-25H,3,8-9H2,1-2H3/t19-/m1/s1. The van der Waals surface area contributed by atoms with Crippen LogP contribution in [0.15, 0.2) is 45.6 Å². The molecule has 0 aliphatic carbocycles. The number of carbonyl (C=O) groups excluding carboxylic acids is 1. The number of hydrogen-bond acceptors (Lipinski definition) is 6. The summed E-state index contributed by atoms with van der Waals surface area (Å²) in [6.45, 7) is 2.05. The lowest BCUT2D eigenvalue weighted by Crippen LogP contribution is -2.31. The van der Waals surface area contributed by atoms with Crippen molar-refractivity contribution in [2.24, 2.45) is 0 Å². The Morgan fingerprint density at radius 3 is 2.69 bits per heavy atom. The zero-order valence-corrected chi connectivity index (χ0v) is 16.1. The van der Waals surface area contributed by atoms with Crippen LogP contribution in [0.1, 0.15) is 39.7 Å². The topological polar surface area (TPSA) is 100 Å². The number of ether oxygens (including phenoxy) is 1. The summed E-state index contributed by atoms with van der Waals surface area (Å²) in [4.78, 5) is 28.0. The predicted octanol–water partition coefficient (Wildman–Crippen LogP) is 2.74. The molecule has 1 amide bonds. The Morgan fingerprint density at radius 2 is 1.97 bits per heavy atom. The average molecular weight is 395 g/mol. The maximum absolute atomic E-state index is 13.4. The summed E-state index contributed by atoms with van der Waals surface area (Å²) in [6.07, 6.45) is 0.359. The molecule has 29 heavy (non-hydrogen) atoms. The van der Waals surface area contributed by atoms with E-state index in [1.165, 1.54) is 18.1 Å². The Hall–Kier alpha value is -3.32. The van der Waals surface area contributed by atoms with Crippen LogP contribution in [0.2, 0.25) is 0 Å². The molecular formula is C22H21NO6. The number of nitrogens with zero attached hydrogens (tertiary/aromatic N) is 1. The van der Waals surface area contributed by atoms with E-state index in [-0.39, 0.29) is 41.4 Å². The molecule has 1 aliphatic heterocycles. The third-order valence-corrected chi connectivity index (χ3v) is 5.20.